The SMILES string of the molecule is NCCCn1c(-c2ccc(N3CCOCC3)cc2)cs/c1=N\c1ncccn1. The average Bonchev–Trinajstić information content (AvgIpc) is 3.16. The van der Waals surface area contributed by atoms with Crippen LogP contribution in [-0.2, 0) is 11.3 Å². The number of aromatic nitrogens is 3. The second-order valence-corrected chi connectivity index (χ2v) is 7.34. The summed E-state index contributed by atoms with van der Waals surface area (Å²) in [5.41, 5.74) is 9.30. The van der Waals surface area contributed by atoms with Gasteiger partial charge in [-0.15, -0.1) is 11.3 Å². The van der Waals surface area contributed by atoms with E-state index < -0.39 is 0 Å². The van der Waals surface area contributed by atoms with Crippen LogP contribution in [0.1, 0.15) is 6.42 Å². The van der Waals surface area contributed by atoms with E-state index in [1.807, 2.05) is 0 Å². The molecule has 2 N–H and O–H groups in total. The summed E-state index contributed by atoms with van der Waals surface area (Å²) < 4.78 is 7.65. The van der Waals surface area contributed by atoms with Crippen LogP contribution >= 0.6 is 11.3 Å². The Morgan fingerprint density at radius 2 is 1.86 bits per heavy atom. The van der Waals surface area contributed by atoms with Gasteiger partial charge in [-0.3, -0.25) is 0 Å². The van der Waals surface area contributed by atoms with Crippen molar-refractivity contribution in [2.45, 2.75) is 13.0 Å². The molecule has 0 unspecified atom stereocenters. The van der Waals surface area contributed by atoms with Crippen LogP contribution in [0.4, 0.5) is 11.6 Å². The van der Waals surface area contributed by atoms with E-state index in [0.717, 1.165) is 49.8 Å². The van der Waals surface area contributed by atoms with E-state index in [-0.39, 0.29) is 0 Å². The molecule has 0 atom stereocenters. The molecule has 0 aliphatic carbocycles. The Kier molecular flexibility index (Phi) is 6.11. The van der Waals surface area contributed by atoms with E-state index in [1.54, 1.807) is 29.8 Å². The summed E-state index contributed by atoms with van der Waals surface area (Å²) in [5, 5.41) is 2.14. The van der Waals surface area contributed by atoms with E-state index in [1.165, 1.54) is 11.3 Å². The molecule has 1 aliphatic rings. The number of rotatable bonds is 6. The van der Waals surface area contributed by atoms with Crippen LogP contribution < -0.4 is 15.4 Å². The van der Waals surface area contributed by atoms with E-state index in [4.69, 9.17) is 10.5 Å². The maximum Gasteiger partial charge on any atom is 0.251 e. The van der Waals surface area contributed by atoms with Crippen LogP contribution in [0.25, 0.3) is 11.3 Å². The summed E-state index contributed by atoms with van der Waals surface area (Å²) in [6.07, 6.45) is 4.29. The zero-order valence-corrected chi connectivity index (χ0v) is 16.5. The summed E-state index contributed by atoms with van der Waals surface area (Å²) >= 11 is 1.60. The summed E-state index contributed by atoms with van der Waals surface area (Å²) in [7, 11) is 0. The molecule has 8 heteroatoms. The largest absolute Gasteiger partial charge is 0.378 e. The van der Waals surface area contributed by atoms with E-state index >= 15 is 0 Å². The first-order valence-corrected chi connectivity index (χ1v) is 10.4. The van der Waals surface area contributed by atoms with Crippen LogP contribution in [0.2, 0.25) is 0 Å². The molecule has 146 valence electrons. The Bertz CT molecular complexity index is 945. The minimum Gasteiger partial charge on any atom is -0.378 e. The van der Waals surface area contributed by atoms with E-state index in [2.05, 4.69) is 54.1 Å². The lowest BCUT2D eigenvalue weighted by Gasteiger charge is -2.28. The molecule has 1 aliphatic heterocycles. The van der Waals surface area contributed by atoms with Gasteiger partial charge in [-0.05, 0) is 36.7 Å². The number of hydrogen-bond acceptors (Lipinski definition) is 7. The lowest BCUT2D eigenvalue weighted by molar-refractivity contribution is 0.122. The van der Waals surface area contributed by atoms with Crippen LogP contribution in [0, 0.1) is 0 Å². The van der Waals surface area contributed by atoms with Crippen molar-refractivity contribution < 1.29 is 4.74 Å². The maximum atomic E-state index is 5.76. The maximum absolute atomic E-state index is 5.76. The normalized spacial score (nSPS) is 15.2. The zero-order valence-electron chi connectivity index (χ0n) is 15.7. The number of morpholine rings is 1. The molecule has 0 saturated carbocycles. The van der Waals surface area contributed by atoms with Gasteiger partial charge in [0.15, 0.2) is 4.80 Å². The molecule has 1 saturated heterocycles. The Morgan fingerprint density at radius 1 is 1.11 bits per heavy atom. The number of nitrogens with two attached hydrogens (primary N) is 1. The predicted octanol–water partition coefficient (Wildman–Crippen LogP) is 2.42. The number of hydrogen-bond donors (Lipinski definition) is 1. The minimum atomic E-state index is 0.472. The third-order valence-electron chi connectivity index (χ3n) is 4.67. The topological polar surface area (TPSA) is 81.6 Å². The summed E-state index contributed by atoms with van der Waals surface area (Å²) in [6, 6.07) is 10.5. The quantitative estimate of drug-likeness (QED) is 0.692. The molecule has 1 fully saturated rings. The monoisotopic (exact) mass is 396 g/mol. The van der Waals surface area contributed by atoms with Gasteiger partial charge in [-0.25, -0.2) is 9.97 Å². The van der Waals surface area contributed by atoms with Crippen molar-refractivity contribution >= 4 is 23.0 Å². The molecule has 3 aromatic rings. The smallest absolute Gasteiger partial charge is 0.251 e. The predicted molar refractivity (Wildman–Crippen MR) is 112 cm³/mol. The molecule has 0 spiro atoms. The number of ether oxygens (including phenoxy) is 1. The van der Waals surface area contributed by atoms with Crippen molar-refractivity contribution in [3.63, 3.8) is 0 Å². The van der Waals surface area contributed by atoms with Crippen LogP contribution in [0.3, 0.4) is 0 Å². The van der Waals surface area contributed by atoms with Crippen molar-refractivity contribution in [1.29, 1.82) is 0 Å². The van der Waals surface area contributed by atoms with Crippen molar-refractivity contribution in [3.05, 3.63) is 52.9 Å². The second kappa shape index (κ2) is 9.09. The fourth-order valence-electron chi connectivity index (χ4n) is 3.21. The first kappa shape index (κ1) is 18.8. The van der Waals surface area contributed by atoms with Gasteiger partial charge in [0.2, 0.25) is 0 Å². The van der Waals surface area contributed by atoms with Crippen molar-refractivity contribution in [3.8, 4) is 11.3 Å². The van der Waals surface area contributed by atoms with Crippen LogP contribution in [0.5, 0.6) is 0 Å². The van der Waals surface area contributed by atoms with E-state index in [0.29, 0.717) is 12.5 Å². The van der Waals surface area contributed by atoms with Gasteiger partial charge < -0.3 is 19.9 Å². The van der Waals surface area contributed by atoms with Crippen LogP contribution in [0.15, 0.2) is 53.1 Å². The first-order chi connectivity index (χ1) is 13.8. The Morgan fingerprint density at radius 3 is 2.57 bits per heavy atom. The lowest BCUT2D eigenvalue weighted by atomic mass is 10.1. The molecule has 7 nitrogen and oxygen atoms in total. The van der Waals surface area contributed by atoms with Gasteiger partial charge in [-0.1, -0.05) is 12.1 Å². The standard InChI is InChI=1S/C20H24N6OS/c21-7-1-10-26-18(15-28-20(26)24-19-22-8-2-9-23-19)16-3-5-17(6-4-16)25-11-13-27-14-12-25/h2-6,8-9,15H,1,7,10-14,21H2/b24-20-. The summed E-state index contributed by atoms with van der Waals surface area (Å²) in [6.45, 7) is 4.91. The Hall–Kier alpha value is -2.55. The van der Waals surface area contributed by atoms with Gasteiger partial charge in [-0.2, -0.15) is 4.99 Å². The molecule has 4 rings (SSSR count). The van der Waals surface area contributed by atoms with Gasteiger partial charge in [0, 0.05) is 43.1 Å². The molecular weight excluding hydrogens is 372 g/mol. The molecule has 0 bridgehead atoms. The highest BCUT2D eigenvalue weighted by atomic mass is 32.1. The van der Waals surface area contributed by atoms with Gasteiger partial charge in [0.25, 0.3) is 5.95 Å². The van der Waals surface area contributed by atoms with Crippen molar-refractivity contribution in [1.82, 2.24) is 14.5 Å². The van der Waals surface area contributed by atoms with Crippen molar-refractivity contribution in [2.75, 3.05) is 37.7 Å². The fourth-order valence-corrected chi connectivity index (χ4v) is 4.15. The third-order valence-corrected chi connectivity index (χ3v) is 5.53. The third kappa shape index (κ3) is 4.30. The molecule has 28 heavy (non-hydrogen) atoms. The summed E-state index contributed by atoms with van der Waals surface area (Å²) in [5.74, 6) is 0.472. The highest BCUT2D eigenvalue weighted by Crippen LogP contribution is 2.25. The van der Waals surface area contributed by atoms with Gasteiger partial charge in [0.05, 0.1) is 18.9 Å². The zero-order chi connectivity index (χ0) is 19.2. The van der Waals surface area contributed by atoms with Crippen molar-refractivity contribution in [2.24, 2.45) is 10.7 Å². The summed E-state index contributed by atoms with van der Waals surface area (Å²) in [4.78, 5) is 16.3. The number of anilines is 1. The molecule has 0 radical (unpaired) electrons. The van der Waals surface area contributed by atoms with Gasteiger partial charge >= 0.3 is 0 Å². The molecule has 3 heterocycles. The molecule has 2 aromatic heterocycles. The van der Waals surface area contributed by atoms with Crippen LogP contribution in [-0.4, -0.2) is 47.4 Å². The lowest BCUT2D eigenvalue weighted by Crippen LogP contribution is -2.36. The number of thiazole rings is 1. The second-order valence-electron chi connectivity index (χ2n) is 6.50. The highest BCUT2D eigenvalue weighted by Gasteiger charge is 2.13. The fraction of sp³-hybridized carbons (Fsp3) is 0.350. The number of benzene rings is 1. The minimum absolute atomic E-state index is 0.472. The molecule has 1 aromatic carbocycles. The first-order valence-electron chi connectivity index (χ1n) is 9.48. The molecule has 0 amide bonds. The Labute approximate surface area is 168 Å². The Balaban J connectivity index is 1.66. The highest BCUT2D eigenvalue weighted by molar-refractivity contribution is 7.07. The van der Waals surface area contributed by atoms with E-state index in [9.17, 15) is 0 Å². The number of nitrogens with zero attached hydrogens (tertiary/aromatic N) is 5. The van der Waals surface area contributed by atoms with Gasteiger partial charge in [0.1, 0.15) is 0 Å². The molecular formula is C20H24N6OS. The average molecular weight is 397 g/mol.